The van der Waals surface area contributed by atoms with Gasteiger partial charge in [0.1, 0.15) is 11.3 Å². The minimum Gasteiger partial charge on any atom is -0.321 e. The summed E-state index contributed by atoms with van der Waals surface area (Å²) in [4.78, 5) is 16.4. The number of benzene rings is 1. The fourth-order valence-electron chi connectivity index (χ4n) is 1.89. The lowest BCUT2D eigenvalue weighted by molar-refractivity contribution is 0.102. The summed E-state index contributed by atoms with van der Waals surface area (Å²) in [6, 6.07) is 12.4. The Kier molecular flexibility index (Phi) is 2.93. The van der Waals surface area contributed by atoms with Gasteiger partial charge in [0, 0.05) is 23.1 Å². The van der Waals surface area contributed by atoms with E-state index in [0.29, 0.717) is 16.4 Å². The van der Waals surface area contributed by atoms with Crippen LogP contribution >= 0.6 is 11.6 Å². The molecule has 0 bridgehead atoms. The number of carbonyl (C=O) groups is 1. The van der Waals surface area contributed by atoms with Crippen molar-refractivity contribution in [3.63, 3.8) is 0 Å². The largest absolute Gasteiger partial charge is 0.321 e. The van der Waals surface area contributed by atoms with Crippen LogP contribution in [0.5, 0.6) is 0 Å². The van der Waals surface area contributed by atoms with E-state index >= 15 is 0 Å². The molecule has 0 atom stereocenters. The van der Waals surface area contributed by atoms with Crippen LogP contribution in [0.15, 0.2) is 54.9 Å². The van der Waals surface area contributed by atoms with E-state index in [-0.39, 0.29) is 5.91 Å². The molecule has 1 aromatic carbocycles. The van der Waals surface area contributed by atoms with Crippen LogP contribution in [-0.2, 0) is 0 Å². The van der Waals surface area contributed by atoms with Crippen molar-refractivity contribution >= 4 is 28.8 Å². The maximum absolute atomic E-state index is 12.2. The molecule has 3 rings (SSSR count). The number of fused-ring (bicyclic) bond motifs is 1. The molecule has 5 heteroatoms. The zero-order valence-corrected chi connectivity index (χ0v) is 10.6. The van der Waals surface area contributed by atoms with E-state index in [1.54, 1.807) is 53.2 Å². The number of halogens is 1. The molecule has 3 aromatic rings. The van der Waals surface area contributed by atoms with Gasteiger partial charge in [-0.2, -0.15) is 0 Å². The predicted octanol–water partition coefficient (Wildman–Crippen LogP) is 3.24. The highest BCUT2D eigenvalue weighted by Gasteiger charge is 2.10. The Labute approximate surface area is 114 Å². The molecule has 0 saturated carbocycles. The van der Waals surface area contributed by atoms with E-state index in [2.05, 4.69) is 10.3 Å². The van der Waals surface area contributed by atoms with Crippen molar-refractivity contribution in [2.75, 3.05) is 5.32 Å². The first kappa shape index (κ1) is 11.7. The summed E-state index contributed by atoms with van der Waals surface area (Å²) in [5.41, 5.74) is 1.92. The summed E-state index contributed by atoms with van der Waals surface area (Å²) >= 11 is 5.89. The zero-order valence-electron chi connectivity index (χ0n) is 9.88. The van der Waals surface area contributed by atoms with Crippen LogP contribution in [0.2, 0.25) is 5.02 Å². The van der Waals surface area contributed by atoms with E-state index < -0.39 is 0 Å². The molecule has 2 heterocycles. The van der Waals surface area contributed by atoms with E-state index in [1.807, 2.05) is 6.07 Å². The molecule has 1 amide bonds. The number of carbonyl (C=O) groups excluding carboxylic acids is 1. The number of rotatable bonds is 2. The van der Waals surface area contributed by atoms with Crippen molar-refractivity contribution < 1.29 is 4.79 Å². The van der Waals surface area contributed by atoms with Gasteiger partial charge < -0.3 is 5.32 Å². The molecule has 94 valence electrons. The molecule has 1 N–H and O–H groups in total. The molecule has 0 saturated heterocycles. The summed E-state index contributed by atoms with van der Waals surface area (Å²) in [6.07, 6.45) is 3.41. The molecule has 0 aliphatic rings. The van der Waals surface area contributed by atoms with Gasteiger partial charge in [-0.1, -0.05) is 23.7 Å². The molecule has 0 aliphatic carbocycles. The van der Waals surface area contributed by atoms with E-state index in [4.69, 9.17) is 11.6 Å². The maximum Gasteiger partial charge on any atom is 0.272 e. The molecule has 0 spiro atoms. The topological polar surface area (TPSA) is 46.4 Å². The normalized spacial score (nSPS) is 10.6. The summed E-state index contributed by atoms with van der Waals surface area (Å²) in [5.74, 6) is -0.203. The summed E-state index contributed by atoms with van der Waals surface area (Å²) < 4.78 is 1.74. The minimum atomic E-state index is -0.203. The number of nitrogens with zero attached hydrogens (tertiary/aromatic N) is 2. The second-order valence-electron chi connectivity index (χ2n) is 4.03. The number of pyridine rings is 1. The lowest BCUT2D eigenvalue weighted by atomic mass is 10.3. The number of hydrogen-bond donors (Lipinski definition) is 1. The van der Waals surface area contributed by atoms with Gasteiger partial charge in [0.2, 0.25) is 0 Å². The van der Waals surface area contributed by atoms with Crippen molar-refractivity contribution in [3.05, 3.63) is 65.6 Å². The quantitative estimate of drug-likeness (QED) is 0.778. The monoisotopic (exact) mass is 271 g/mol. The van der Waals surface area contributed by atoms with E-state index in [0.717, 1.165) is 5.65 Å². The van der Waals surface area contributed by atoms with Gasteiger partial charge in [-0.3, -0.25) is 9.20 Å². The number of nitrogens with one attached hydrogen (secondary N) is 1. The second kappa shape index (κ2) is 4.74. The van der Waals surface area contributed by atoms with Crippen LogP contribution in [0.25, 0.3) is 5.65 Å². The fraction of sp³-hybridized carbons (Fsp3) is 0. The predicted molar refractivity (Wildman–Crippen MR) is 74.6 cm³/mol. The van der Waals surface area contributed by atoms with Crippen LogP contribution in [0.4, 0.5) is 5.69 Å². The molecule has 0 aliphatic heterocycles. The van der Waals surface area contributed by atoms with Gasteiger partial charge in [0.25, 0.3) is 5.91 Å². The summed E-state index contributed by atoms with van der Waals surface area (Å²) in [6.45, 7) is 0. The molecule has 2 aromatic heterocycles. The van der Waals surface area contributed by atoms with Gasteiger partial charge in [0.05, 0.1) is 0 Å². The molecular formula is C14H10ClN3O. The summed E-state index contributed by atoms with van der Waals surface area (Å²) in [5, 5.41) is 3.39. The van der Waals surface area contributed by atoms with Gasteiger partial charge in [-0.05, 0) is 30.3 Å². The molecule has 0 unspecified atom stereocenters. The Morgan fingerprint density at radius 1 is 1.21 bits per heavy atom. The van der Waals surface area contributed by atoms with E-state index in [1.165, 1.54) is 0 Å². The third-order valence-electron chi connectivity index (χ3n) is 2.74. The molecular weight excluding hydrogens is 262 g/mol. The average Bonchev–Trinajstić information content (AvgIpc) is 2.86. The number of anilines is 1. The van der Waals surface area contributed by atoms with Crippen LogP contribution in [0, 0.1) is 0 Å². The third kappa shape index (κ3) is 2.30. The van der Waals surface area contributed by atoms with Crippen molar-refractivity contribution in [1.29, 1.82) is 0 Å². The highest BCUT2D eigenvalue weighted by molar-refractivity contribution is 6.30. The third-order valence-corrected chi connectivity index (χ3v) is 2.98. The minimum absolute atomic E-state index is 0.203. The van der Waals surface area contributed by atoms with Gasteiger partial charge in [-0.15, -0.1) is 0 Å². The Hall–Kier alpha value is -2.33. The smallest absolute Gasteiger partial charge is 0.272 e. The van der Waals surface area contributed by atoms with Crippen molar-refractivity contribution in [3.8, 4) is 0 Å². The van der Waals surface area contributed by atoms with E-state index in [9.17, 15) is 4.79 Å². The standard InChI is InChI=1S/C14H10ClN3O/c15-10-3-1-4-11(9-10)17-14(19)12-5-2-6-13-16-7-8-18(12)13/h1-9H,(H,17,19). The first-order chi connectivity index (χ1) is 9.24. The Morgan fingerprint density at radius 2 is 2.05 bits per heavy atom. The number of amides is 1. The molecule has 19 heavy (non-hydrogen) atoms. The first-order valence-electron chi connectivity index (χ1n) is 5.73. The highest BCUT2D eigenvalue weighted by atomic mass is 35.5. The average molecular weight is 272 g/mol. The Bertz CT molecular complexity index is 751. The highest BCUT2D eigenvalue weighted by Crippen LogP contribution is 2.16. The summed E-state index contributed by atoms with van der Waals surface area (Å²) in [7, 11) is 0. The molecule has 0 radical (unpaired) electrons. The number of hydrogen-bond acceptors (Lipinski definition) is 2. The van der Waals surface area contributed by atoms with Crippen molar-refractivity contribution in [2.45, 2.75) is 0 Å². The van der Waals surface area contributed by atoms with Gasteiger partial charge >= 0.3 is 0 Å². The SMILES string of the molecule is O=C(Nc1cccc(Cl)c1)c1cccc2nccn12. The van der Waals surface area contributed by atoms with Crippen molar-refractivity contribution in [1.82, 2.24) is 9.38 Å². The number of aromatic nitrogens is 2. The zero-order chi connectivity index (χ0) is 13.2. The first-order valence-corrected chi connectivity index (χ1v) is 6.11. The van der Waals surface area contributed by atoms with Gasteiger partial charge in [0.15, 0.2) is 0 Å². The van der Waals surface area contributed by atoms with Gasteiger partial charge in [-0.25, -0.2) is 4.98 Å². The molecule has 0 fully saturated rings. The lowest BCUT2D eigenvalue weighted by Crippen LogP contribution is -2.15. The Morgan fingerprint density at radius 3 is 2.89 bits per heavy atom. The fourth-order valence-corrected chi connectivity index (χ4v) is 2.08. The van der Waals surface area contributed by atoms with Crippen LogP contribution < -0.4 is 5.32 Å². The maximum atomic E-state index is 12.2. The van der Waals surface area contributed by atoms with Crippen molar-refractivity contribution in [2.24, 2.45) is 0 Å². The Balaban J connectivity index is 1.94. The second-order valence-corrected chi connectivity index (χ2v) is 4.47. The van der Waals surface area contributed by atoms with Crippen LogP contribution in [0.1, 0.15) is 10.5 Å². The van der Waals surface area contributed by atoms with Crippen LogP contribution in [-0.4, -0.2) is 15.3 Å². The number of imidazole rings is 1. The van der Waals surface area contributed by atoms with Crippen LogP contribution in [0.3, 0.4) is 0 Å². The lowest BCUT2D eigenvalue weighted by Gasteiger charge is -2.07. The molecule has 4 nitrogen and oxygen atoms in total.